The van der Waals surface area contributed by atoms with Gasteiger partial charge >= 0.3 is 0 Å². The molecule has 0 bridgehead atoms. The smallest absolute Gasteiger partial charge is 0.0465 e. The van der Waals surface area contributed by atoms with E-state index in [-0.39, 0.29) is 0 Å². The van der Waals surface area contributed by atoms with Crippen molar-refractivity contribution in [1.82, 2.24) is 4.98 Å². The summed E-state index contributed by atoms with van der Waals surface area (Å²) >= 11 is 1.90. The summed E-state index contributed by atoms with van der Waals surface area (Å²) in [5.74, 6) is 0. The molecule has 0 radical (unpaired) electrons. The van der Waals surface area contributed by atoms with Gasteiger partial charge in [0.15, 0.2) is 0 Å². The molecule has 0 unspecified atom stereocenters. The van der Waals surface area contributed by atoms with Crippen LogP contribution in [-0.4, -0.2) is 10.2 Å². The molecule has 0 fully saturated rings. The molecule has 0 saturated carbocycles. The van der Waals surface area contributed by atoms with Crippen molar-refractivity contribution in [3.63, 3.8) is 0 Å². The Kier molecular flexibility index (Phi) is 2.32. The summed E-state index contributed by atoms with van der Waals surface area (Å²) in [4.78, 5) is 4.63. The van der Waals surface area contributed by atoms with Crippen LogP contribution in [-0.2, 0) is 0 Å². The van der Waals surface area contributed by atoms with E-state index in [1.54, 1.807) is 0 Å². The predicted molar refractivity (Wildman–Crippen MR) is 59.3 cm³/mol. The Bertz CT molecular complexity index is 403. The standard InChI is InChI=1S/C11H13NS/c1-8(2)13-11-7-12-10-6-4-3-5-9(10)11/h3-8,12H,1-2H3. The van der Waals surface area contributed by atoms with Crippen LogP contribution < -0.4 is 0 Å². The van der Waals surface area contributed by atoms with Crippen LogP contribution in [0.15, 0.2) is 35.4 Å². The van der Waals surface area contributed by atoms with Crippen molar-refractivity contribution >= 4 is 22.7 Å². The number of aromatic amines is 1. The Labute approximate surface area is 82.5 Å². The van der Waals surface area contributed by atoms with Gasteiger partial charge in [0, 0.05) is 27.2 Å². The molecule has 1 aromatic heterocycles. The first-order valence-electron chi connectivity index (χ1n) is 4.50. The second kappa shape index (κ2) is 3.46. The average molecular weight is 191 g/mol. The molecule has 1 heterocycles. The Hall–Kier alpha value is -0.890. The van der Waals surface area contributed by atoms with Crippen LogP contribution in [0, 0.1) is 0 Å². The quantitative estimate of drug-likeness (QED) is 0.716. The Morgan fingerprint density at radius 3 is 2.77 bits per heavy atom. The normalized spacial score (nSPS) is 11.3. The van der Waals surface area contributed by atoms with Crippen LogP contribution in [0.25, 0.3) is 10.9 Å². The lowest BCUT2D eigenvalue weighted by Crippen LogP contribution is -1.83. The van der Waals surface area contributed by atoms with Crippen molar-refractivity contribution < 1.29 is 0 Å². The summed E-state index contributed by atoms with van der Waals surface area (Å²) in [7, 11) is 0. The topological polar surface area (TPSA) is 15.8 Å². The summed E-state index contributed by atoms with van der Waals surface area (Å²) in [5, 5.41) is 1.97. The van der Waals surface area contributed by atoms with Gasteiger partial charge in [-0.2, -0.15) is 0 Å². The lowest BCUT2D eigenvalue weighted by Gasteiger charge is -2.01. The zero-order valence-electron chi connectivity index (χ0n) is 7.87. The van der Waals surface area contributed by atoms with E-state index in [0.717, 1.165) is 0 Å². The lowest BCUT2D eigenvalue weighted by atomic mass is 10.2. The molecule has 1 aromatic carbocycles. The molecule has 0 saturated heterocycles. The highest BCUT2D eigenvalue weighted by Gasteiger charge is 2.04. The number of aromatic nitrogens is 1. The van der Waals surface area contributed by atoms with Crippen molar-refractivity contribution in [3.8, 4) is 0 Å². The molecule has 2 rings (SSSR count). The number of rotatable bonds is 2. The molecule has 1 nitrogen and oxygen atoms in total. The maximum absolute atomic E-state index is 3.27. The van der Waals surface area contributed by atoms with Crippen LogP contribution in [0.1, 0.15) is 13.8 Å². The molecular weight excluding hydrogens is 178 g/mol. The van der Waals surface area contributed by atoms with Crippen molar-refractivity contribution in [2.24, 2.45) is 0 Å². The third-order valence-corrected chi connectivity index (χ3v) is 2.98. The minimum Gasteiger partial charge on any atom is -0.360 e. The molecule has 0 aliphatic heterocycles. The number of benzene rings is 1. The number of hydrogen-bond donors (Lipinski definition) is 1. The first kappa shape index (κ1) is 8.70. The van der Waals surface area contributed by atoms with Gasteiger partial charge in [-0.1, -0.05) is 32.0 Å². The number of fused-ring (bicyclic) bond motifs is 1. The highest BCUT2D eigenvalue weighted by molar-refractivity contribution is 8.00. The third-order valence-electron chi connectivity index (χ3n) is 1.91. The maximum Gasteiger partial charge on any atom is 0.0465 e. The van der Waals surface area contributed by atoms with E-state index in [1.165, 1.54) is 15.8 Å². The molecule has 68 valence electrons. The fraction of sp³-hybridized carbons (Fsp3) is 0.273. The van der Waals surface area contributed by atoms with Crippen LogP contribution in [0.4, 0.5) is 0 Å². The van der Waals surface area contributed by atoms with E-state index in [1.807, 2.05) is 11.8 Å². The number of H-pyrrole nitrogens is 1. The van der Waals surface area contributed by atoms with E-state index in [4.69, 9.17) is 0 Å². The summed E-state index contributed by atoms with van der Waals surface area (Å²) in [6.45, 7) is 4.43. The summed E-state index contributed by atoms with van der Waals surface area (Å²) in [6, 6.07) is 8.42. The highest BCUT2D eigenvalue weighted by atomic mass is 32.2. The molecule has 1 N–H and O–H groups in total. The minimum absolute atomic E-state index is 0.638. The molecule has 0 amide bonds. The highest BCUT2D eigenvalue weighted by Crippen LogP contribution is 2.30. The largest absolute Gasteiger partial charge is 0.360 e. The lowest BCUT2D eigenvalue weighted by molar-refractivity contribution is 1.11. The number of hydrogen-bond acceptors (Lipinski definition) is 1. The Morgan fingerprint density at radius 2 is 2.00 bits per heavy atom. The van der Waals surface area contributed by atoms with Crippen LogP contribution in [0.5, 0.6) is 0 Å². The van der Waals surface area contributed by atoms with Crippen molar-refractivity contribution in [2.45, 2.75) is 24.0 Å². The number of para-hydroxylation sites is 1. The Morgan fingerprint density at radius 1 is 1.23 bits per heavy atom. The van der Waals surface area contributed by atoms with Gasteiger partial charge in [0.05, 0.1) is 0 Å². The van der Waals surface area contributed by atoms with Gasteiger partial charge in [0.25, 0.3) is 0 Å². The van der Waals surface area contributed by atoms with Gasteiger partial charge in [-0.05, 0) is 6.07 Å². The van der Waals surface area contributed by atoms with Crippen LogP contribution in [0.3, 0.4) is 0 Å². The molecule has 2 aromatic rings. The molecule has 2 heteroatoms. The van der Waals surface area contributed by atoms with Gasteiger partial charge in [-0.3, -0.25) is 0 Å². The number of nitrogens with one attached hydrogen (secondary N) is 1. The maximum atomic E-state index is 3.27. The fourth-order valence-electron chi connectivity index (χ4n) is 1.40. The van der Waals surface area contributed by atoms with E-state index in [0.29, 0.717) is 5.25 Å². The average Bonchev–Trinajstić information content (AvgIpc) is 2.48. The van der Waals surface area contributed by atoms with Gasteiger partial charge in [-0.15, -0.1) is 11.8 Å². The van der Waals surface area contributed by atoms with Crippen LogP contribution in [0.2, 0.25) is 0 Å². The van der Waals surface area contributed by atoms with Gasteiger partial charge < -0.3 is 4.98 Å². The molecular formula is C11H13NS. The first-order valence-corrected chi connectivity index (χ1v) is 5.38. The van der Waals surface area contributed by atoms with Crippen molar-refractivity contribution in [3.05, 3.63) is 30.5 Å². The van der Waals surface area contributed by atoms with Crippen LogP contribution >= 0.6 is 11.8 Å². The third kappa shape index (κ3) is 1.73. The van der Waals surface area contributed by atoms with E-state index < -0.39 is 0 Å². The second-order valence-corrected chi connectivity index (χ2v) is 4.98. The van der Waals surface area contributed by atoms with E-state index in [9.17, 15) is 0 Å². The van der Waals surface area contributed by atoms with Crippen molar-refractivity contribution in [1.29, 1.82) is 0 Å². The zero-order valence-corrected chi connectivity index (χ0v) is 8.69. The second-order valence-electron chi connectivity index (χ2n) is 3.37. The summed E-state index contributed by atoms with van der Waals surface area (Å²) in [5.41, 5.74) is 1.23. The fourth-order valence-corrected chi connectivity index (χ4v) is 2.34. The molecule has 13 heavy (non-hydrogen) atoms. The van der Waals surface area contributed by atoms with E-state index in [2.05, 4.69) is 49.3 Å². The molecule has 0 spiro atoms. The Balaban J connectivity index is 2.46. The molecule has 0 aliphatic carbocycles. The van der Waals surface area contributed by atoms with Crippen molar-refractivity contribution in [2.75, 3.05) is 0 Å². The monoisotopic (exact) mass is 191 g/mol. The summed E-state index contributed by atoms with van der Waals surface area (Å²) in [6.07, 6.45) is 2.09. The van der Waals surface area contributed by atoms with Gasteiger partial charge in [0.1, 0.15) is 0 Å². The zero-order chi connectivity index (χ0) is 9.26. The predicted octanol–water partition coefficient (Wildman–Crippen LogP) is 3.67. The summed E-state index contributed by atoms with van der Waals surface area (Å²) < 4.78 is 0. The first-order chi connectivity index (χ1) is 6.27. The number of thioether (sulfide) groups is 1. The SMILES string of the molecule is CC(C)Sc1c[nH]c2ccccc12. The molecule has 0 aliphatic rings. The molecule has 0 atom stereocenters. The van der Waals surface area contributed by atoms with E-state index >= 15 is 0 Å². The van der Waals surface area contributed by atoms with Gasteiger partial charge in [-0.25, -0.2) is 0 Å². The van der Waals surface area contributed by atoms with Gasteiger partial charge in [0.2, 0.25) is 0 Å². The minimum atomic E-state index is 0.638.